The Balaban J connectivity index is 1.39. The number of carbonyl (C=O) groups excluding carboxylic acids is 1. The van der Waals surface area contributed by atoms with Gasteiger partial charge < -0.3 is 9.64 Å². The lowest BCUT2D eigenvalue weighted by atomic mass is 9.49. The number of hydrogen-bond donors (Lipinski definition) is 0. The van der Waals surface area contributed by atoms with E-state index in [2.05, 4.69) is 43.0 Å². The van der Waals surface area contributed by atoms with E-state index in [1.165, 1.54) is 24.9 Å². The zero-order valence-electron chi connectivity index (χ0n) is 17.0. The van der Waals surface area contributed by atoms with Crippen molar-refractivity contribution in [2.24, 2.45) is 28.2 Å². The Kier molecular flexibility index (Phi) is 4.33. The van der Waals surface area contributed by atoms with Crippen molar-refractivity contribution in [1.29, 1.82) is 0 Å². The molecular weight excluding hydrogens is 348 g/mol. The van der Waals surface area contributed by atoms with Gasteiger partial charge in [0.15, 0.2) is 5.70 Å². The Morgan fingerprint density at radius 3 is 2.14 bits per heavy atom. The third kappa shape index (κ3) is 2.98. The first-order valence-electron chi connectivity index (χ1n) is 11.0. The topological polar surface area (TPSA) is 41.9 Å². The minimum absolute atomic E-state index is 0.0343. The van der Waals surface area contributed by atoms with Crippen molar-refractivity contribution in [2.75, 3.05) is 18.0 Å². The summed E-state index contributed by atoms with van der Waals surface area (Å²) in [6, 6.07) is 8.35. The number of rotatable bonds is 5. The molecule has 4 fully saturated rings. The lowest BCUT2D eigenvalue weighted by Crippen LogP contribution is -2.50. The Bertz CT molecular complexity index is 797. The molecule has 5 aliphatic rings. The van der Waals surface area contributed by atoms with Crippen LogP contribution in [0.2, 0.25) is 0 Å². The first kappa shape index (κ1) is 18.0. The van der Waals surface area contributed by atoms with Crippen molar-refractivity contribution in [3.8, 4) is 0 Å². The molecule has 0 atom stereocenters. The summed E-state index contributed by atoms with van der Waals surface area (Å²) in [5.74, 6) is 2.89. The van der Waals surface area contributed by atoms with E-state index in [1.807, 2.05) is 6.08 Å². The average molecular weight is 379 g/mol. The summed E-state index contributed by atoms with van der Waals surface area (Å²) in [4.78, 5) is 19.6. The van der Waals surface area contributed by atoms with Crippen LogP contribution >= 0.6 is 0 Å². The Labute approximate surface area is 167 Å². The molecule has 148 valence electrons. The van der Waals surface area contributed by atoms with Crippen molar-refractivity contribution in [1.82, 2.24) is 0 Å². The Morgan fingerprint density at radius 1 is 1.04 bits per heavy atom. The van der Waals surface area contributed by atoms with Crippen molar-refractivity contribution in [2.45, 2.75) is 52.4 Å². The summed E-state index contributed by atoms with van der Waals surface area (Å²) >= 11 is 0. The van der Waals surface area contributed by atoms with Gasteiger partial charge in [0.2, 0.25) is 5.90 Å². The van der Waals surface area contributed by atoms with Gasteiger partial charge in [-0.05, 0) is 93.9 Å². The number of esters is 1. The number of carbonyl (C=O) groups is 1. The number of cyclic esters (lactones) is 1. The van der Waals surface area contributed by atoms with Crippen LogP contribution in [0.3, 0.4) is 0 Å². The summed E-state index contributed by atoms with van der Waals surface area (Å²) < 4.78 is 5.76. The van der Waals surface area contributed by atoms with Gasteiger partial charge in [-0.3, -0.25) is 0 Å². The van der Waals surface area contributed by atoms with Crippen LogP contribution in [0.15, 0.2) is 35.0 Å². The van der Waals surface area contributed by atoms with Gasteiger partial charge in [-0.1, -0.05) is 12.1 Å². The summed E-state index contributed by atoms with van der Waals surface area (Å²) in [5, 5.41) is 0. The lowest BCUT2D eigenvalue weighted by Gasteiger charge is -2.55. The molecule has 0 saturated heterocycles. The molecule has 0 amide bonds. The minimum atomic E-state index is -0.279. The van der Waals surface area contributed by atoms with Crippen molar-refractivity contribution < 1.29 is 9.53 Å². The van der Waals surface area contributed by atoms with Gasteiger partial charge in [0.1, 0.15) is 0 Å². The molecule has 4 heteroatoms. The standard InChI is InChI=1S/C24H30N2O2/c1-3-26(4-2)20-7-5-16(6-8-20)12-21-22(27)28-23(25-21)24-13-17-9-18(14-24)11-19(10-17)15-24/h5-8,12,17-19H,3-4,9-11,13-15H2,1-2H3/b21-12+. The van der Waals surface area contributed by atoms with E-state index in [0.717, 1.165) is 61.6 Å². The highest BCUT2D eigenvalue weighted by atomic mass is 16.6. The van der Waals surface area contributed by atoms with Crippen LogP contribution in [0.4, 0.5) is 5.69 Å². The second-order valence-electron chi connectivity index (χ2n) is 9.30. The van der Waals surface area contributed by atoms with Gasteiger partial charge in [0.05, 0.1) is 0 Å². The van der Waals surface area contributed by atoms with E-state index in [9.17, 15) is 4.79 Å². The molecule has 1 aliphatic heterocycles. The second-order valence-corrected chi connectivity index (χ2v) is 9.30. The number of hydrogen-bond acceptors (Lipinski definition) is 4. The molecule has 1 aromatic carbocycles. The highest BCUT2D eigenvalue weighted by molar-refractivity contribution is 6.09. The molecule has 1 aromatic rings. The maximum atomic E-state index is 12.5. The lowest BCUT2D eigenvalue weighted by molar-refractivity contribution is -0.131. The van der Waals surface area contributed by atoms with Gasteiger partial charge >= 0.3 is 5.97 Å². The van der Waals surface area contributed by atoms with E-state index in [-0.39, 0.29) is 11.4 Å². The van der Waals surface area contributed by atoms with Crippen LogP contribution in [0.25, 0.3) is 6.08 Å². The summed E-state index contributed by atoms with van der Waals surface area (Å²) in [6.07, 6.45) is 9.50. The molecule has 4 bridgehead atoms. The fraction of sp³-hybridized carbons (Fsp3) is 0.583. The molecule has 0 spiro atoms. The summed E-state index contributed by atoms with van der Waals surface area (Å²) in [5.41, 5.74) is 2.70. The van der Waals surface area contributed by atoms with Crippen molar-refractivity contribution >= 4 is 23.6 Å². The minimum Gasteiger partial charge on any atom is -0.406 e. The van der Waals surface area contributed by atoms with E-state index in [4.69, 9.17) is 9.73 Å². The Hall–Kier alpha value is -2.10. The van der Waals surface area contributed by atoms with Crippen LogP contribution in [-0.4, -0.2) is 25.0 Å². The molecule has 28 heavy (non-hydrogen) atoms. The summed E-state index contributed by atoms with van der Waals surface area (Å²) in [6.45, 7) is 6.30. The van der Waals surface area contributed by atoms with Gasteiger partial charge in [-0.15, -0.1) is 0 Å². The quantitative estimate of drug-likeness (QED) is 0.532. The SMILES string of the molecule is CCN(CC)c1ccc(/C=C2/N=C(C34CC5CC(CC(C5)C3)C4)OC2=O)cc1. The van der Waals surface area contributed by atoms with E-state index in [0.29, 0.717) is 5.70 Å². The predicted octanol–water partition coefficient (Wildman–Crippen LogP) is 5.05. The largest absolute Gasteiger partial charge is 0.406 e. The number of ether oxygens (including phenoxy) is 1. The average Bonchev–Trinajstić information content (AvgIpc) is 3.04. The molecule has 1 heterocycles. The van der Waals surface area contributed by atoms with Crippen LogP contribution in [0.1, 0.15) is 57.9 Å². The monoisotopic (exact) mass is 378 g/mol. The molecule has 6 rings (SSSR count). The molecule has 4 aliphatic carbocycles. The molecule has 4 saturated carbocycles. The zero-order valence-corrected chi connectivity index (χ0v) is 17.0. The Morgan fingerprint density at radius 2 is 1.61 bits per heavy atom. The third-order valence-corrected chi connectivity index (χ3v) is 7.44. The number of benzene rings is 1. The fourth-order valence-electron chi connectivity index (χ4n) is 6.54. The van der Waals surface area contributed by atoms with Crippen molar-refractivity contribution in [3.05, 3.63) is 35.5 Å². The predicted molar refractivity (Wildman–Crippen MR) is 112 cm³/mol. The molecule has 0 unspecified atom stereocenters. The van der Waals surface area contributed by atoms with Crippen LogP contribution in [-0.2, 0) is 9.53 Å². The van der Waals surface area contributed by atoms with E-state index >= 15 is 0 Å². The molecule has 0 N–H and O–H groups in total. The second kappa shape index (κ2) is 6.75. The first-order chi connectivity index (χ1) is 13.6. The molecule has 4 nitrogen and oxygen atoms in total. The van der Waals surface area contributed by atoms with Crippen LogP contribution in [0, 0.1) is 23.2 Å². The normalized spacial score (nSPS) is 34.6. The highest BCUT2D eigenvalue weighted by Crippen LogP contribution is 2.61. The smallest absolute Gasteiger partial charge is 0.363 e. The number of aliphatic imine (C=N–C) groups is 1. The van der Waals surface area contributed by atoms with Crippen molar-refractivity contribution in [3.63, 3.8) is 0 Å². The maximum Gasteiger partial charge on any atom is 0.363 e. The highest BCUT2D eigenvalue weighted by Gasteiger charge is 2.55. The van der Waals surface area contributed by atoms with Gasteiger partial charge in [-0.2, -0.15) is 0 Å². The maximum absolute atomic E-state index is 12.5. The molecule has 0 radical (unpaired) electrons. The fourth-order valence-corrected chi connectivity index (χ4v) is 6.54. The third-order valence-electron chi connectivity index (χ3n) is 7.44. The summed E-state index contributed by atoms with van der Waals surface area (Å²) in [7, 11) is 0. The zero-order chi connectivity index (χ0) is 19.3. The van der Waals surface area contributed by atoms with Gasteiger partial charge in [-0.25, -0.2) is 9.79 Å². The van der Waals surface area contributed by atoms with Gasteiger partial charge in [0.25, 0.3) is 0 Å². The number of nitrogens with zero attached hydrogens (tertiary/aromatic N) is 2. The molecular formula is C24H30N2O2. The van der Waals surface area contributed by atoms with Crippen LogP contribution in [0.5, 0.6) is 0 Å². The number of anilines is 1. The van der Waals surface area contributed by atoms with Gasteiger partial charge in [0, 0.05) is 24.2 Å². The van der Waals surface area contributed by atoms with E-state index < -0.39 is 0 Å². The van der Waals surface area contributed by atoms with E-state index in [1.54, 1.807) is 0 Å². The van der Waals surface area contributed by atoms with Crippen LogP contribution < -0.4 is 4.90 Å². The molecule has 0 aromatic heterocycles. The first-order valence-corrected chi connectivity index (χ1v) is 11.0.